The highest BCUT2D eigenvalue weighted by Crippen LogP contribution is 2.19. The maximum Gasteiger partial charge on any atom is 0.122 e. The maximum atomic E-state index is 5.74. The van der Waals surface area contributed by atoms with Gasteiger partial charge < -0.3 is 19.1 Å². The summed E-state index contributed by atoms with van der Waals surface area (Å²) < 4.78 is 16.3. The number of morpholine rings is 1. The fourth-order valence-corrected chi connectivity index (χ4v) is 2.62. The lowest BCUT2D eigenvalue weighted by Crippen LogP contribution is -3.14. The second-order valence-electron chi connectivity index (χ2n) is 5.55. The normalized spacial score (nSPS) is 15.9. The van der Waals surface area contributed by atoms with Crippen molar-refractivity contribution in [2.24, 2.45) is 0 Å². The van der Waals surface area contributed by atoms with Crippen LogP contribution in [0.5, 0.6) is 11.5 Å². The topological polar surface area (TPSA) is 32.1 Å². The third-order valence-electron chi connectivity index (χ3n) is 3.93. The average Bonchev–Trinajstić information content (AvgIpc) is 2.55. The monoisotopic (exact) mass is 294 g/mol. The van der Waals surface area contributed by atoms with Gasteiger partial charge in [-0.1, -0.05) is 6.07 Å². The second kappa shape index (κ2) is 9.64. The lowest BCUT2D eigenvalue weighted by Gasteiger charge is -2.23. The van der Waals surface area contributed by atoms with E-state index in [1.54, 1.807) is 12.0 Å². The first-order valence-electron chi connectivity index (χ1n) is 8.06. The summed E-state index contributed by atoms with van der Waals surface area (Å²) in [6, 6.07) is 7.80. The molecule has 1 fully saturated rings. The van der Waals surface area contributed by atoms with E-state index in [9.17, 15) is 0 Å². The zero-order valence-corrected chi connectivity index (χ0v) is 13.1. The smallest absolute Gasteiger partial charge is 0.122 e. The van der Waals surface area contributed by atoms with Crippen LogP contribution in [0, 0.1) is 0 Å². The van der Waals surface area contributed by atoms with E-state index in [0.29, 0.717) is 0 Å². The zero-order valence-electron chi connectivity index (χ0n) is 13.1. The van der Waals surface area contributed by atoms with Gasteiger partial charge in [-0.25, -0.2) is 0 Å². The van der Waals surface area contributed by atoms with E-state index in [1.807, 2.05) is 24.3 Å². The van der Waals surface area contributed by atoms with Crippen LogP contribution in [0.25, 0.3) is 0 Å². The molecule has 0 atom stereocenters. The molecule has 118 valence electrons. The van der Waals surface area contributed by atoms with Crippen molar-refractivity contribution < 1.29 is 19.1 Å². The SMILES string of the molecule is COc1cccc(OCCCCCC[NH+]2CCOCC2)c1. The molecule has 1 N–H and O–H groups in total. The molecule has 21 heavy (non-hydrogen) atoms. The fraction of sp³-hybridized carbons (Fsp3) is 0.647. The number of hydrogen-bond donors (Lipinski definition) is 1. The fourth-order valence-electron chi connectivity index (χ4n) is 2.62. The number of unbranched alkanes of at least 4 members (excludes halogenated alkanes) is 3. The second-order valence-corrected chi connectivity index (χ2v) is 5.55. The van der Waals surface area contributed by atoms with E-state index < -0.39 is 0 Å². The molecule has 0 amide bonds. The Morgan fingerprint density at radius 2 is 1.81 bits per heavy atom. The first-order chi connectivity index (χ1) is 10.4. The molecule has 1 aliphatic rings. The summed E-state index contributed by atoms with van der Waals surface area (Å²) in [5.74, 6) is 1.74. The van der Waals surface area contributed by atoms with E-state index in [1.165, 1.54) is 38.9 Å². The number of rotatable bonds is 9. The van der Waals surface area contributed by atoms with Gasteiger partial charge in [0.05, 0.1) is 33.5 Å². The molecule has 1 saturated heterocycles. The predicted octanol–water partition coefficient (Wildman–Crippen LogP) is 1.55. The van der Waals surface area contributed by atoms with Crippen LogP contribution >= 0.6 is 0 Å². The van der Waals surface area contributed by atoms with E-state index in [4.69, 9.17) is 14.2 Å². The molecule has 1 aromatic rings. The van der Waals surface area contributed by atoms with Gasteiger partial charge in [-0.15, -0.1) is 0 Å². The van der Waals surface area contributed by atoms with Crippen LogP contribution in [-0.2, 0) is 4.74 Å². The Hall–Kier alpha value is -1.26. The Balaban J connectivity index is 1.47. The molecule has 4 nitrogen and oxygen atoms in total. The molecule has 0 spiro atoms. The van der Waals surface area contributed by atoms with Gasteiger partial charge in [0.15, 0.2) is 0 Å². The van der Waals surface area contributed by atoms with Crippen molar-refractivity contribution in [3.8, 4) is 11.5 Å². The highest BCUT2D eigenvalue weighted by Gasteiger charge is 2.12. The summed E-state index contributed by atoms with van der Waals surface area (Å²) in [6.07, 6.45) is 4.98. The van der Waals surface area contributed by atoms with Crippen molar-refractivity contribution in [2.75, 3.05) is 46.6 Å². The first kappa shape index (κ1) is 16.1. The van der Waals surface area contributed by atoms with Crippen molar-refractivity contribution in [1.29, 1.82) is 0 Å². The average molecular weight is 294 g/mol. The minimum absolute atomic E-state index is 0.789. The summed E-state index contributed by atoms with van der Waals surface area (Å²) >= 11 is 0. The van der Waals surface area contributed by atoms with Crippen LogP contribution < -0.4 is 14.4 Å². The third kappa shape index (κ3) is 6.36. The molecule has 0 radical (unpaired) electrons. The lowest BCUT2D eigenvalue weighted by molar-refractivity contribution is -0.908. The van der Waals surface area contributed by atoms with Crippen LogP contribution in [0.4, 0.5) is 0 Å². The molecule has 0 bridgehead atoms. The molecule has 4 heteroatoms. The molecule has 1 heterocycles. The van der Waals surface area contributed by atoms with Crippen LogP contribution in [0.3, 0.4) is 0 Å². The van der Waals surface area contributed by atoms with Crippen molar-refractivity contribution >= 4 is 0 Å². The molecule has 1 aliphatic heterocycles. The van der Waals surface area contributed by atoms with Gasteiger partial charge >= 0.3 is 0 Å². The predicted molar refractivity (Wildman–Crippen MR) is 83.3 cm³/mol. The Morgan fingerprint density at radius 1 is 1.05 bits per heavy atom. The number of ether oxygens (including phenoxy) is 3. The highest BCUT2D eigenvalue weighted by atomic mass is 16.5. The van der Waals surface area contributed by atoms with Gasteiger partial charge in [0.1, 0.15) is 24.6 Å². The summed E-state index contributed by atoms with van der Waals surface area (Å²) in [6.45, 7) is 6.31. The molecular weight excluding hydrogens is 266 g/mol. The van der Waals surface area contributed by atoms with Crippen LogP contribution in [0.2, 0.25) is 0 Å². The summed E-state index contributed by atoms with van der Waals surface area (Å²) in [5, 5.41) is 0. The zero-order chi connectivity index (χ0) is 14.8. The Kier molecular flexibility index (Phi) is 7.39. The van der Waals surface area contributed by atoms with Gasteiger partial charge in [-0.2, -0.15) is 0 Å². The highest BCUT2D eigenvalue weighted by molar-refractivity contribution is 5.32. The molecular formula is C17H28NO3+. The number of nitrogens with one attached hydrogen (secondary N) is 1. The van der Waals surface area contributed by atoms with E-state index in [-0.39, 0.29) is 0 Å². The minimum atomic E-state index is 0.789. The minimum Gasteiger partial charge on any atom is -0.497 e. The lowest BCUT2D eigenvalue weighted by atomic mass is 10.2. The summed E-state index contributed by atoms with van der Waals surface area (Å²) in [4.78, 5) is 1.70. The summed E-state index contributed by atoms with van der Waals surface area (Å²) in [7, 11) is 1.68. The quantitative estimate of drug-likeness (QED) is 0.701. The van der Waals surface area contributed by atoms with Gasteiger partial charge in [-0.05, 0) is 37.8 Å². The van der Waals surface area contributed by atoms with Gasteiger partial charge in [0.25, 0.3) is 0 Å². The molecule has 1 aromatic carbocycles. The Labute approximate surface area is 128 Å². The summed E-state index contributed by atoms with van der Waals surface area (Å²) in [5.41, 5.74) is 0. The number of methoxy groups -OCH3 is 1. The Morgan fingerprint density at radius 3 is 2.62 bits per heavy atom. The third-order valence-corrected chi connectivity index (χ3v) is 3.93. The van der Waals surface area contributed by atoms with Crippen molar-refractivity contribution in [3.05, 3.63) is 24.3 Å². The van der Waals surface area contributed by atoms with Crippen molar-refractivity contribution in [1.82, 2.24) is 0 Å². The number of hydrogen-bond acceptors (Lipinski definition) is 3. The van der Waals surface area contributed by atoms with E-state index in [2.05, 4.69) is 0 Å². The van der Waals surface area contributed by atoms with Gasteiger partial charge in [0.2, 0.25) is 0 Å². The largest absolute Gasteiger partial charge is 0.497 e. The number of benzene rings is 1. The van der Waals surface area contributed by atoms with E-state index >= 15 is 0 Å². The van der Waals surface area contributed by atoms with Crippen molar-refractivity contribution in [2.45, 2.75) is 25.7 Å². The molecule has 2 rings (SSSR count). The first-order valence-corrected chi connectivity index (χ1v) is 8.06. The molecule has 0 saturated carbocycles. The standard InChI is InChI=1S/C17H27NO3/c1-19-16-7-6-8-17(15-16)21-12-5-3-2-4-9-18-10-13-20-14-11-18/h6-8,15H,2-5,9-14H2,1H3/p+1. The molecule has 0 aliphatic carbocycles. The number of quaternary nitrogens is 1. The van der Waals surface area contributed by atoms with Crippen LogP contribution in [0.1, 0.15) is 25.7 Å². The van der Waals surface area contributed by atoms with Crippen molar-refractivity contribution in [3.63, 3.8) is 0 Å². The van der Waals surface area contributed by atoms with Crippen LogP contribution in [0.15, 0.2) is 24.3 Å². The maximum absolute atomic E-state index is 5.74. The van der Waals surface area contributed by atoms with Gasteiger partial charge in [0, 0.05) is 6.07 Å². The molecule has 0 aromatic heterocycles. The molecule has 0 unspecified atom stereocenters. The van der Waals surface area contributed by atoms with Crippen LogP contribution in [-0.4, -0.2) is 46.6 Å². The van der Waals surface area contributed by atoms with E-state index in [0.717, 1.165) is 37.7 Å². The Bertz CT molecular complexity index is 391. The van der Waals surface area contributed by atoms with Gasteiger partial charge in [-0.3, -0.25) is 0 Å².